The van der Waals surface area contributed by atoms with E-state index in [9.17, 15) is 10.2 Å². The van der Waals surface area contributed by atoms with Gasteiger partial charge in [0, 0.05) is 71.5 Å². The molecule has 12 nitrogen and oxygen atoms in total. The molecule has 0 aromatic carbocycles. The first-order valence-electron chi connectivity index (χ1n) is 11.3. The molecule has 0 radical (unpaired) electrons. The van der Waals surface area contributed by atoms with Crippen molar-refractivity contribution in [3.8, 4) is 0 Å². The average molecular weight is 567 g/mol. The Morgan fingerprint density at radius 3 is 1.28 bits per heavy atom. The van der Waals surface area contributed by atoms with Crippen molar-refractivity contribution < 1.29 is 26.7 Å². The number of hydrogen-bond acceptors (Lipinski definition) is 12. The molecule has 0 N–H and O–H groups in total. The first-order valence-corrected chi connectivity index (χ1v) is 11.3. The minimum Gasteiger partial charge on any atom is -0.857 e. The molecule has 0 aliphatic heterocycles. The summed E-state index contributed by atoms with van der Waals surface area (Å²) < 4.78 is 0. The summed E-state index contributed by atoms with van der Waals surface area (Å²) in [5, 5.41) is 38.5. The van der Waals surface area contributed by atoms with Crippen LogP contribution in [0.1, 0.15) is 47.8 Å². The van der Waals surface area contributed by atoms with Gasteiger partial charge in [-0.1, -0.05) is 12.1 Å². The number of pyridine rings is 2. The predicted molar refractivity (Wildman–Crippen MR) is 140 cm³/mol. The van der Waals surface area contributed by atoms with Crippen molar-refractivity contribution in [3.05, 3.63) is 108 Å². The maximum Gasteiger partial charge on any atom is 2.00 e. The van der Waals surface area contributed by atoms with Crippen LogP contribution >= 0.6 is 0 Å². The van der Waals surface area contributed by atoms with Crippen molar-refractivity contribution in [3.63, 3.8) is 0 Å². The van der Waals surface area contributed by atoms with E-state index >= 15 is 0 Å². The van der Waals surface area contributed by atoms with Crippen LogP contribution in [0.25, 0.3) is 0 Å². The number of aromatic nitrogens is 6. The van der Waals surface area contributed by atoms with Gasteiger partial charge in [0.1, 0.15) is 11.4 Å². The van der Waals surface area contributed by atoms with E-state index in [0.29, 0.717) is 33.9 Å². The summed E-state index contributed by atoms with van der Waals surface area (Å²) in [5.41, 5.74) is 4.72. The molecule has 0 aliphatic carbocycles. The molecule has 4 aromatic heterocycles. The summed E-state index contributed by atoms with van der Waals surface area (Å²) in [5.74, 6) is -0.869. The van der Waals surface area contributed by atoms with Crippen LogP contribution in [0.4, 0.5) is 0 Å². The van der Waals surface area contributed by atoms with Crippen LogP contribution < -0.4 is 10.2 Å². The van der Waals surface area contributed by atoms with Crippen LogP contribution in [0.3, 0.4) is 0 Å². The van der Waals surface area contributed by atoms with Crippen molar-refractivity contribution in [1.29, 1.82) is 0 Å². The van der Waals surface area contributed by atoms with Crippen molar-refractivity contribution in [2.24, 2.45) is 20.4 Å². The third kappa shape index (κ3) is 9.90. The Balaban J connectivity index is 0.000000267. The quantitative estimate of drug-likeness (QED) is 0.146. The van der Waals surface area contributed by atoms with Gasteiger partial charge in [0.15, 0.2) is 0 Å². The van der Waals surface area contributed by atoms with Crippen LogP contribution in [0.15, 0.2) is 94.2 Å². The van der Waals surface area contributed by atoms with Crippen LogP contribution in [0, 0.1) is 13.8 Å². The second-order valence-electron chi connectivity index (χ2n) is 7.74. The van der Waals surface area contributed by atoms with E-state index in [1.165, 1.54) is 12.4 Å². The normalized spacial score (nSPS) is 12.2. The Hall–Kier alpha value is -4.77. The van der Waals surface area contributed by atoms with Crippen molar-refractivity contribution in [1.82, 2.24) is 29.9 Å². The van der Waals surface area contributed by atoms with Gasteiger partial charge in [-0.15, -0.1) is 0 Å². The van der Waals surface area contributed by atoms with Crippen molar-refractivity contribution in [2.45, 2.75) is 27.7 Å². The second-order valence-corrected chi connectivity index (χ2v) is 7.74. The van der Waals surface area contributed by atoms with Gasteiger partial charge in [0.25, 0.3) is 0 Å². The number of nitrogens with zero attached hydrogens (tertiary/aromatic N) is 10. The fourth-order valence-corrected chi connectivity index (χ4v) is 2.62. The van der Waals surface area contributed by atoms with Gasteiger partial charge in [-0.05, 0) is 39.8 Å². The Morgan fingerprint density at radius 1 is 0.564 bits per heavy atom. The Labute approximate surface area is 235 Å². The van der Waals surface area contributed by atoms with Gasteiger partial charge in [-0.2, -0.15) is 20.4 Å². The largest absolute Gasteiger partial charge is 2.00 e. The zero-order valence-corrected chi connectivity index (χ0v) is 22.5. The first-order chi connectivity index (χ1) is 18.3. The maximum atomic E-state index is 11.7. The van der Waals surface area contributed by atoms with E-state index in [1.54, 1.807) is 75.3 Å². The molecule has 4 heterocycles. The summed E-state index contributed by atoms with van der Waals surface area (Å²) in [6, 6.07) is 6.84. The number of hydrogen-bond donors (Lipinski definition) is 0. The number of aryl methyl sites for hydroxylation is 2. The first kappa shape index (κ1) is 30.5. The zero-order chi connectivity index (χ0) is 27.3. The van der Waals surface area contributed by atoms with Crippen LogP contribution in [-0.4, -0.2) is 53.1 Å². The smallest absolute Gasteiger partial charge is 0.857 e. The average Bonchev–Trinajstić information content (AvgIpc) is 2.96. The van der Waals surface area contributed by atoms with Crippen molar-refractivity contribution in [2.75, 3.05) is 0 Å². The maximum absolute atomic E-state index is 11.7. The zero-order valence-electron chi connectivity index (χ0n) is 21.5. The Kier molecular flexibility index (Phi) is 12.1. The molecule has 0 unspecified atom stereocenters. The molecule has 4 rings (SSSR count). The fraction of sp³-hybridized carbons (Fsp3) is 0.154. The van der Waals surface area contributed by atoms with Gasteiger partial charge in [0.2, 0.25) is 0 Å². The molecular formula is C26H24N10NiO2. The Morgan fingerprint density at radius 2 is 0.974 bits per heavy atom. The van der Waals surface area contributed by atoms with Gasteiger partial charge < -0.3 is 10.2 Å². The molecule has 0 saturated carbocycles. The Bertz CT molecular complexity index is 1330. The molecule has 0 bridgehead atoms. The van der Waals surface area contributed by atoms with Gasteiger partial charge in [0.05, 0.1) is 23.8 Å². The van der Waals surface area contributed by atoms with E-state index < -0.39 is 11.8 Å². The second kappa shape index (κ2) is 15.5. The van der Waals surface area contributed by atoms with Gasteiger partial charge in [-0.25, -0.2) is 0 Å². The fourth-order valence-electron chi connectivity index (χ4n) is 2.62. The van der Waals surface area contributed by atoms with Gasteiger partial charge >= 0.3 is 16.5 Å². The topological polar surface area (TPSA) is 173 Å². The molecule has 0 spiro atoms. The van der Waals surface area contributed by atoms with E-state index in [2.05, 4.69) is 50.3 Å². The van der Waals surface area contributed by atoms with Crippen LogP contribution in [0.5, 0.6) is 0 Å². The molecule has 4 aromatic rings. The van der Waals surface area contributed by atoms with Crippen molar-refractivity contribution >= 4 is 23.2 Å². The van der Waals surface area contributed by atoms with E-state index in [4.69, 9.17) is 0 Å². The molecular weight excluding hydrogens is 543 g/mol. The third-order valence-electron chi connectivity index (χ3n) is 4.77. The van der Waals surface area contributed by atoms with Crippen LogP contribution in [0.2, 0.25) is 0 Å². The molecule has 0 saturated heterocycles. The van der Waals surface area contributed by atoms with E-state index in [-0.39, 0.29) is 16.5 Å². The summed E-state index contributed by atoms with van der Waals surface area (Å²) in [4.78, 5) is 24.0. The molecule has 0 fully saturated rings. The summed E-state index contributed by atoms with van der Waals surface area (Å²) in [6.45, 7) is 7.13. The molecule has 0 amide bonds. The molecule has 200 valence electrons. The minimum absolute atomic E-state index is 0. The molecule has 39 heavy (non-hydrogen) atoms. The summed E-state index contributed by atoms with van der Waals surface area (Å²) in [7, 11) is 0. The third-order valence-corrected chi connectivity index (χ3v) is 4.77. The number of rotatable bonds is 6. The van der Waals surface area contributed by atoms with Crippen LogP contribution in [-0.2, 0) is 16.5 Å². The molecule has 0 aliphatic rings. The van der Waals surface area contributed by atoms with Gasteiger partial charge in [-0.3, -0.25) is 29.9 Å². The summed E-state index contributed by atoms with van der Waals surface area (Å²) >= 11 is 0. The minimum atomic E-state index is -0.434. The summed E-state index contributed by atoms with van der Waals surface area (Å²) in [6.07, 6.45) is 12.3. The van der Waals surface area contributed by atoms with E-state index in [0.717, 1.165) is 11.4 Å². The predicted octanol–water partition coefficient (Wildman–Crippen LogP) is 1.42. The molecule has 13 heteroatoms. The van der Waals surface area contributed by atoms with E-state index in [1.807, 2.05) is 13.8 Å². The standard InChI is InChI=1S/2C13H13N5O.Ni/c2*1-9-3-4-11(7-16-9)13(19)18-17-10(2)12-8-14-5-6-15-12;/h2*3-8H,1-2H3,(H,18,19);/q;;+2/p-2/b2*17-10+;. The SMILES string of the molecule is C/C(=N\N=C(/[O-])c1ccc(C)nc1)c1cnccn1.C/C(=N\N=C(/[O-])c1ccc(C)nc1)c1cnccn1.[Ni+2]. The monoisotopic (exact) mass is 566 g/mol. The molecule has 0 atom stereocenters.